The molecule has 8 nitrogen and oxygen atoms in total. The van der Waals surface area contributed by atoms with Crippen molar-refractivity contribution in [2.75, 3.05) is 14.2 Å². The first-order valence-corrected chi connectivity index (χ1v) is 24.6. The van der Waals surface area contributed by atoms with Crippen LogP contribution in [0.2, 0.25) is 0 Å². The van der Waals surface area contributed by atoms with Crippen LogP contribution in [0.5, 0.6) is 0 Å². The third-order valence-electron chi connectivity index (χ3n) is 12.2. The Labute approximate surface area is 413 Å². The minimum atomic E-state index is -0.408. The molecule has 67 heavy (non-hydrogen) atoms. The Kier molecular flexibility index (Phi) is 15.4. The zero-order valence-electron chi connectivity index (χ0n) is 38.6. The second-order valence-electron chi connectivity index (χ2n) is 16.7. The molecule has 0 unspecified atom stereocenters. The monoisotopic (exact) mass is 972 g/mol. The van der Waals surface area contributed by atoms with Crippen molar-refractivity contribution in [2.24, 2.45) is 0 Å². The van der Waals surface area contributed by atoms with Gasteiger partial charge >= 0.3 is 31.4 Å². The van der Waals surface area contributed by atoms with Crippen molar-refractivity contribution in [2.45, 2.75) is 78.1 Å². The number of esters is 2. The molecule has 0 fully saturated rings. The zero-order chi connectivity index (χ0) is 45.6. The van der Waals surface area contributed by atoms with Crippen LogP contribution in [-0.4, -0.2) is 36.1 Å². The van der Waals surface area contributed by atoms with Crippen molar-refractivity contribution >= 4 is 81.0 Å². The molecule has 8 bridgehead atoms. The van der Waals surface area contributed by atoms with Crippen LogP contribution >= 0.6 is 22.7 Å². The molecule has 0 radical (unpaired) electrons. The molecule has 2 aromatic carbocycles. The van der Waals surface area contributed by atoms with E-state index < -0.39 is 11.9 Å². The number of ether oxygens (including phenoxy) is 2. The quantitative estimate of drug-likeness (QED) is 0.0535. The Morgan fingerprint density at radius 1 is 0.463 bits per heavy atom. The van der Waals surface area contributed by atoms with Crippen LogP contribution in [0.4, 0.5) is 0 Å². The van der Waals surface area contributed by atoms with Crippen LogP contribution in [0, 0.1) is 0 Å². The third kappa shape index (κ3) is 10.3. The van der Waals surface area contributed by atoms with Crippen LogP contribution in [-0.2, 0) is 41.8 Å². The van der Waals surface area contributed by atoms with E-state index in [1.165, 1.54) is 62.5 Å². The minimum Gasteiger partial charge on any atom is -0.657 e. The normalized spacial score (nSPS) is 11.8. The van der Waals surface area contributed by atoms with Crippen LogP contribution in [0.3, 0.4) is 0 Å². The summed E-state index contributed by atoms with van der Waals surface area (Å²) >= 11 is 3.64. The number of carbonyl (C=O) groups is 2. The largest absolute Gasteiger partial charge is 2.00 e. The van der Waals surface area contributed by atoms with Gasteiger partial charge in [0.1, 0.15) is 0 Å². The van der Waals surface area contributed by atoms with E-state index in [1.54, 1.807) is 24.3 Å². The molecule has 2 aliphatic heterocycles. The van der Waals surface area contributed by atoms with Gasteiger partial charge in [-0.15, -0.1) is 44.7 Å². The molecule has 334 valence electrons. The number of unbranched alkanes of at least 4 members (excludes halogenated alkanes) is 6. The molecular weight excluding hydrogens is 922 g/mol. The van der Waals surface area contributed by atoms with Gasteiger partial charge in [-0.3, -0.25) is 0 Å². The number of aryl methyl sites for hydroxylation is 2. The number of thiophene rings is 2. The predicted octanol–water partition coefficient (Wildman–Crippen LogP) is 14.5. The first-order chi connectivity index (χ1) is 32.3. The second-order valence-corrected chi connectivity index (χ2v) is 19.0. The van der Waals surface area contributed by atoms with E-state index in [1.807, 2.05) is 59.1 Å². The average Bonchev–Trinajstić information content (AvgIpc) is 4.22. The molecule has 7 aromatic rings. The van der Waals surface area contributed by atoms with E-state index in [0.717, 1.165) is 102 Å². The molecule has 0 N–H and O–H groups in total. The summed E-state index contributed by atoms with van der Waals surface area (Å²) in [6.07, 6.45) is 20.0. The van der Waals surface area contributed by atoms with Crippen molar-refractivity contribution in [1.29, 1.82) is 0 Å². The minimum absolute atomic E-state index is 0. The molecular formula is C56H52N4O4S2Zn. The van der Waals surface area contributed by atoms with E-state index >= 15 is 0 Å². The Morgan fingerprint density at radius 2 is 0.821 bits per heavy atom. The van der Waals surface area contributed by atoms with Crippen LogP contribution in [0.1, 0.15) is 118 Å². The number of carbonyl (C=O) groups excluding carboxylic acids is 2. The third-order valence-corrected chi connectivity index (χ3v) is 14.5. The predicted molar refractivity (Wildman–Crippen MR) is 273 cm³/mol. The summed E-state index contributed by atoms with van der Waals surface area (Å²) in [6, 6.07) is 32.0. The maximum Gasteiger partial charge on any atom is 2.00 e. The number of aromatic nitrogens is 4. The summed E-state index contributed by atoms with van der Waals surface area (Å²) in [5.41, 5.74) is 12.4. The van der Waals surface area contributed by atoms with Gasteiger partial charge in [-0.2, -0.15) is 0 Å². The number of fused-ring (bicyclic) bond motifs is 8. The SMILES string of the molecule is CCCCCCc1ccc(-c2c3nc(c(-c4ccc(CCCCCC)s4)c4ccc([n-]4)c(-c4ccc(C(=O)OC)cc4)c4nc(c(-c5ccc(C(=O)OC)cc5)c5ccc2[n-]5)C=C4)C=C3)s1.[Zn+2]. The summed E-state index contributed by atoms with van der Waals surface area (Å²) in [6.45, 7) is 4.50. The molecule has 0 aliphatic carbocycles. The molecule has 0 atom stereocenters. The van der Waals surface area contributed by atoms with Gasteiger partial charge < -0.3 is 19.4 Å². The second kappa shape index (κ2) is 21.7. The topological polar surface area (TPSA) is 107 Å². The molecule has 0 saturated carbocycles. The number of hydrogen-bond donors (Lipinski definition) is 0. The van der Waals surface area contributed by atoms with Gasteiger partial charge in [-0.05, 0) is 121 Å². The van der Waals surface area contributed by atoms with E-state index in [9.17, 15) is 9.59 Å². The summed E-state index contributed by atoms with van der Waals surface area (Å²) in [5, 5.41) is 0. The van der Waals surface area contributed by atoms with Crippen molar-refractivity contribution in [3.05, 3.63) is 141 Å². The smallest absolute Gasteiger partial charge is 0.657 e. The summed E-state index contributed by atoms with van der Waals surface area (Å²) in [4.78, 5) is 51.7. The number of rotatable bonds is 16. The number of benzene rings is 2. The van der Waals surface area contributed by atoms with Crippen molar-refractivity contribution in [3.8, 4) is 43.1 Å². The Hall–Kier alpha value is -6.00. The number of hydrogen-bond acceptors (Lipinski definition) is 8. The van der Waals surface area contributed by atoms with Gasteiger partial charge in [0.2, 0.25) is 0 Å². The first kappa shape index (κ1) is 47.5. The van der Waals surface area contributed by atoms with E-state index in [0.29, 0.717) is 22.5 Å². The summed E-state index contributed by atoms with van der Waals surface area (Å²) in [5.74, 6) is -0.815. The van der Waals surface area contributed by atoms with Gasteiger partial charge in [0.05, 0.1) is 48.1 Å². The number of methoxy groups -OCH3 is 2. The standard InChI is InChI=1S/C56H53N4O4S2.Zn/c1-5-7-9-11-13-39-23-33-49(65-39)53-45-29-27-43(58-45)51(35-15-19-37(20-16-35)55(61)63-3)41-25-26-42(57-41)52(36-17-21-38(22-18-36)56(62)64-4)44-28-30-46(59-44)54(48-32-31-47(53)60-48)50-34-24-40(66-50)14-12-10-8-6-2;/h15-34H,5-14H2,1-4H3,(H-,57,58,59,60,61,62);/q-1;+2/p-1. The molecule has 0 amide bonds. The maximum atomic E-state index is 12.5. The van der Waals surface area contributed by atoms with Gasteiger partial charge in [0.15, 0.2) is 0 Å². The van der Waals surface area contributed by atoms with Crippen molar-refractivity contribution in [1.82, 2.24) is 19.9 Å². The summed E-state index contributed by atoms with van der Waals surface area (Å²) in [7, 11) is 2.77. The Bertz CT molecular complexity index is 2930. The zero-order valence-corrected chi connectivity index (χ0v) is 43.2. The Morgan fingerprint density at radius 3 is 1.18 bits per heavy atom. The van der Waals surface area contributed by atoms with Gasteiger partial charge in [0.25, 0.3) is 0 Å². The fourth-order valence-corrected chi connectivity index (χ4v) is 10.9. The molecule has 2 aliphatic rings. The molecule has 11 heteroatoms. The fourth-order valence-electron chi connectivity index (χ4n) is 8.71. The first-order valence-electron chi connectivity index (χ1n) is 23.0. The van der Waals surface area contributed by atoms with E-state index in [-0.39, 0.29) is 19.5 Å². The number of nitrogens with zero attached hydrogens (tertiary/aromatic N) is 4. The molecule has 0 saturated heterocycles. The van der Waals surface area contributed by atoms with E-state index in [4.69, 9.17) is 29.4 Å². The molecule has 9 rings (SSSR count). The van der Waals surface area contributed by atoms with E-state index in [2.05, 4.69) is 74.5 Å². The average molecular weight is 975 g/mol. The van der Waals surface area contributed by atoms with Gasteiger partial charge in [-0.1, -0.05) is 101 Å². The van der Waals surface area contributed by atoms with Gasteiger partial charge in [0, 0.05) is 30.6 Å². The van der Waals surface area contributed by atoms with Crippen LogP contribution < -0.4 is 9.97 Å². The molecule has 5 aromatic heterocycles. The molecule has 7 heterocycles. The van der Waals surface area contributed by atoms with Crippen molar-refractivity contribution < 1.29 is 38.5 Å². The van der Waals surface area contributed by atoms with Crippen molar-refractivity contribution in [3.63, 3.8) is 0 Å². The Balaban J connectivity index is 0.00000608. The van der Waals surface area contributed by atoms with Crippen LogP contribution in [0.25, 0.3) is 89.5 Å². The van der Waals surface area contributed by atoms with Crippen LogP contribution in [0.15, 0.2) is 97.1 Å². The molecule has 0 spiro atoms. The summed E-state index contributed by atoms with van der Waals surface area (Å²) < 4.78 is 10.1. The maximum absolute atomic E-state index is 12.5. The van der Waals surface area contributed by atoms with Gasteiger partial charge in [-0.25, -0.2) is 19.6 Å². The fraction of sp³-hybridized carbons (Fsp3) is 0.250.